The quantitative estimate of drug-likeness (QED) is 0.859. The number of amides is 1. The monoisotopic (exact) mass is 248 g/mol. The molecule has 0 bridgehead atoms. The minimum Gasteiger partial charge on any atom is -0.372 e. The maximum atomic E-state index is 12.3. The van der Waals surface area contributed by atoms with Gasteiger partial charge in [0.05, 0.1) is 12.2 Å². The van der Waals surface area contributed by atoms with Crippen molar-refractivity contribution in [1.82, 2.24) is 4.90 Å². The van der Waals surface area contributed by atoms with Gasteiger partial charge in [-0.15, -0.1) is 0 Å². The van der Waals surface area contributed by atoms with E-state index in [1.807, 2.05) is 44.2 Å². The summed E-state index contributed by atoms with van der Waals surface area (Å²) in [6, 6.07) is 8.90. The van der Waals surface area contributed by atoms with Gasteiger partial charge in [-0.2, -0.15) is 0 Å². The minimum atomic E-state index is -0.580. The number of morpholine rings is 1. The highest BCUT2D eigenvalue weighted by molar-refractivity contribution is 5.83. The number of benzene rings is 1. The SMILES string of the molecule is C[C@@H]1CN(C(=O)C(N)c2ccccc2)C[C@H](C)O1. The molecule has 2 rings (SSSR count). The summed E-state index contributed by atoms with van der Waals surface area (Å²) in [4.78, 5) is 14.1. The molecule has 1 fully saturated rings. The fourth-order valence-corrected chi connectivity index (χ4v) is 2.36. The van der Waals surface area contributed by atoms with E-state index in [9.17, 15) is 4.79 Å². The highest BCUT2D eigenvalue weighted by atomic mass is 16.5. The number of carbonyl (C=O) groups excluding carboxylic acids is 1. The van der Waals surface area contributed by atoms with E-state index in [1.54, 1.807) is 4.90 Å². The molecule has 1 aliphatic heterocycles. The largest absolute Gasteiger partial charge is 0.372 e. The summed E-state index contributed by atoms with van der Waals surface area (Å²) in [5.41, 5.74) is 6.88. The predicted octanol–water partition coefficient (Wildman–Crippen LogP) is 1.32. The van der Waals surface area contributed by atoms with Crippen LogP contribution in [-0.4, -0.2) is 36.1 Å². The molecule has 1 aromatic rings. The molecule has 3 atom stereocenters. The van der Waals surface area contributed by atoms with Gasteiger partial charge in [-0.3, -0.25) is 4.79 Å². The van der Waals surface area contributed by atoms with Crippen LogP contribution in [0.15, 0.2) is 30.3 Å². The Balaban J connectivity index is 2.07. The number of carbonyl (C=O) groups is 1. The Kier molecular flexibility index (Phi) is 3.99. The standard InChI is InChI=1S/C14H20N2O2/c1-10-8-16(9-11(2)18-10)14(17)13(15)12-6-4-3-5-7-12/h3-7,10-11,13H,8-9,15H2,1-2H3/t10-,11+,13?. The van der Waals surface area contributed by atoms with Crippen molar-refractivity contribution in [2.45, 2.75) is 32.1 Å². The number of rotatable bonds is 2. The van der Waals surface area contributed by atoms with Crippen molar-refractivity contribution >= 4 is 5.91 Å². The first-order chi connectivity index (χ1) is 8.58. The first-order valence-corrected chi connectivity index (χ1v) is 6.32. The lowest BCUT2D eigenvalue weighted by atomic mass is 10.1. The summed E-state index contributed by atoms with van der Waals surface area (Å²) in [5, 5.41) is 0. The van der Waals surface area contributed by atoms with Crippen LogP contribution in [0.3, 0.4) is 0 Å². The lowest BCUT2D eigenvalue weighted by Crippen LogP contribution is -2.50. The lowest BCUT2D eigenvalue weighted by molar-refractivity contribution is -0.144. The summed E-state index contributed by atoms with van der Waals surface area (Å²) >= 11 is 0. The molecular formula is C14H20N2O2. The molecule has 1 aromatic carbocycles. The molecule has 0 aromatic heterocycles. The Morgan fingerprint density at radius 2 is 1.83 bits per heavy atom. The molecule has 0 radical (unpaired) electrons. The zero-order chi connectivity index (χ0) is 13.1. The highest BCUT2D eigenvalue weighted by Crippen LogP contribution is 2.17. The summed E-state index contributed by atoms with van der Waals surface area (Å²) in [6.45, 7) is 5.18. The van der Waals surface area contributed by atoms with E-state index in [2.05, 4.69) is 0 Å². The van der Waals surface area contributed by atoms with Crippen molar-refractivity contribution in [1.29, 1.82) is 0 Å². The fraction of sp³-hybridized carbons (Fsp3) is 0.500. The molecule has 0 saturated carbocycles. The molecule has 18 heavy (non-hydrogen) atoms. The van der Waals surface area contributed by atoms with Crippen LogP contribution in [0.5, 0.6) is 0 Å². The van der Waals surface area contributed by atoms with E-state index >= 15 is 0 Å². The van der Waals surface area contributed by atoms with Crippen molar-refractivity contribution in [3.05, 3.63) is 35.9 Å². The third-order valence-electron chi connectivity index (χ3n) is 3.16. The van der Waals surface area contributed by atoms with E-state index in [0.29, 0.717) is 13.1 Å². The molecule has 4 heteroatoms. The van der Waals surface area contributed by atoms with Gasteiger partial charge in [0, 0.05) is 13.1 Å². The molecule has 1 heterocycles. The molecular weight excluding hydrogens is 228 g/mol. The molecule has 2 N–H and O–H groups in total. The number of nitrogens with zero attached hydrogens (tertiary/aromatic N) is 1. The van der Waals surface area contributed by atoms with Crippen LogP contribution in [-0.2, 0) is 9.53 Å². The smallest absolute Gasteiger partial charge is 0.244 e. The fourth-order valence-electron chi connectivity index (χ4n) is 2.36. The summed E-state index contributed by atoms with van der Waals surface area (Å²) in [7, 11) is 0. The maximum Gasteiger partial charge on any atom is 0.244 e. The Bertz CT molecular complexity index is 398. The molecule has 1 amide bonds. The molecule has 0 aliphatic carbocycles. The number of ether oxygens (including phenoxy) is 1. The van der Waals surface area contributed by atoms with Gasteiger partial charge >= 0.3 is 0 Å². The van der Waals surface area contributed by atoms with Crippen LogP contribution < -0.4 is 5.73 Å². The first kappa shape index (κ1) is 13.1. The molecule has 1 unspecified atom stereocenters. The van der Waals surface area contributed by atoms with Gasteiger partial charge in [0.1, 0.15) is 6.04 Å². The maximum absolute atomic E-state index is 12.3. The molecule has 98 valence electrons. The summed E-state index contributed by atoms with van der Waals surface area (Å²) < 4.78 is 5.62. The third-order valence-corrected chi connectivity index (χ3v) is 3.16. The van der Waals surface area contributed by atoms with E-state index in [-0.39, 0.29) is 18.1 Å². The lowest BCUT2D eigenvalue weighted by Gasteiger charge is -2.36. The predicted molar refractivity (Wildman–Crippen MR) is 70.0 cm³/mol. The van der Waals surface area contributed by atoms with Crippen LogP contribution in [0.1, 0.15) is 25.5 Å². The van der Waals surface area contributed by atoms with Gasteiger partial charge in [0.2, 0.25) is 5.91 Å². The first-order valence-electron chi connectivity index (χ1n) is 6.32. The molecule has 4 nitrogen and oxygen atoms in total. The van der Waals surface area contributed by atoms with Gasteiger partial charge in [-0.05, 0) is 19.4 Å². The summed E-state index contributed by atoms with van der Waals surface area (Å²) in [5.74, 6) is -0.0248. The van der Waals surface area contributed by atoms with Gasteiger partial charge in [0.15, 0.2) is 0 Å². The van der Waals surface area contributed by atoms with E-state index in [0.717, 1.165) is 5.56 Å². The van der Waals surface area contributed by atoms with Gasteiger partial charge < -0.3 is 15.4 Å². The van der Waals surface area contributed by atoms with Crippen molar-refractivity contribution in [3.63, 3.8) is 0 Å². The highest BCUT2D eigenvalue weighted by Gasteiger charge is 2.29. The van der Waals surface area contributed by atoms with Crippen LogP contribution >= 0.6 is 0 Å². The summed E-state index contributed by atoms with van der Waals surface area (Å²) in [6.07, 6.45) is 0.140. The zero-order valence-electron chi connectivity index (χ0n) is 10.9. The minimum absolute atomic E-state index is 0.0248. The number of hydrogen-bond acceptors (Lipinski definition) is 3. The second-order valence-electron chi connectivity index (χ2n) is 4.89. The molecule has 0 spiro atoms. The second-order valence-corrected chi connectivity index (χ2v) is 4.89. The van der Waals surface area contributed by atoms with E-state index in [1.165, 1.54) is 0 Å². The Labute approximate surface area is 108 Å². The van der Waals surface area contributed by atoms with Gasteiger partial charge in [0.25, 0.3) is 0 Å². The Morgan fingerprint density at radius 1 is 1.28 bits per heavy atom. The number of nitrogens with two attached hydrogens (primary N) is 1. The second kappa shape index (κ2) is 5.50. The van der Waals surface area contributed by atoms with Crippen LogP contribution in [0, 0.1) is 0 Å². The average molecular weight is 248 g/mol. The van der Waals surface area contributed by atoms with Crippen molar-refractivity contribution in [2.24, 2.45) is 5.73 Å². The molecule has 1 saturated heterocycles. The van der Waals surface area contributed by atoms with Crippen molar-refractivity contribution < 1.29 is 9.53 Å². The van der Waals surface area contributed by atoms with Crippen LogP contribution in [0.25, 0.3) is 0 Å². The van der Waals surface area contributed by atoms with Crippen molar-refractivity contribution in [3.8, 4) is 0 Å². The van der Waals surface area contributed by atoms with Crippen molar-refractivity contribution in [2.75, 3.05) is 13.1 Å². The normalized spacial score (nSPS) is 25.8. The van der Waals surface area contributed by atoms with Crippen LogP contribution in [0.4, 0.5) is 0 Å². The molecule has 1 aliphatic rings. The topological polar surface area (TPSA) is 55.6 Å². The third kappa shape index (κ3) is 2.89. The number of hydrogen-bond donors (Lipinski definition) is 1. The Hall–Kier alpha value is -1.39. The van der Waals surface area contributed by atoms with E-state index in [4.69, 9.17) is 10.5 Å². The Morgan fingerprint density at radius 3 is 2.39 bits per heavy atom. The van der Waals surface area contributed by atoms with E-state index < -0.39 is 6.04 Å². The van der Waals surface area contributed by atoms with Gasteiger partial charge in [-0.25, -0.2) is 0 Å². The van der Waals surface area contributed by atoms with Gasteiger partial charge in [-0.1, -0.05) is 30.3 Å². The average Bonchev–Trinajstić information content (AvgIpc) is 2.37. The zero-order valence-corrected chi connectivity index (χ0v) is 10.9. The van der Waals surface area contributed by atoms with Crippen LogP contribution in [0.2, 0.25) is 0 Å².